The van der Waals surface area contributed by atoms with Crippen LogP contribution in [-0.2, 0) is 0 Å². The SMILES string of the molecule is Cc1cccc(-c2cccc(Cl)c2C)c1C. The molecule has 0 fully saturated rings. The Balaban J connectivity index is 2.68. The Hall–Kier alpha value is -1.27. The van der Waals surface area contributed by atoms with Gasteiger partial charge >= 0.3 is 0 Å². The molecule has 0 aromatic heterocycles. The Labute approximate surface area is 102 Å². The van der Waals surface area contributed by atoms with Crippen LogP contribution in [0.5, 0.6) is 0 Å². The number of rotatable bonds is 1. The van der Waals surface area contributed by atoms with Gasteiger partial charge in [0.25, 0.3) is 0 Å². The van der Waals surface area contributed by atoms with E-state index < -0.39 is 0 Å². The van der Waals surface area contributed by atoms with Crippen LogP contribution < -0.4 is 0 Å². The topological polar surface area (TPSA) is 0 Å². The van der Waals surface area contributed by atoms with Crippen LogP contribution in [-0.4, -0.2) is 0 Å². The van der Waals surface area contributed by atoms with Crippen molar-refractivity contribution >= 4 is 11.6 Å². The lowest BCUT2D eigenvalue weighted by Gasteiger charge is -2.12. The van der Waals surface area contributed by atoms with Gasteiger partial charge in [-0.2, -0.15) is 0 Å². The fourth-order valence-corrected chi connectivity index (χ4v) is 2.12. The first-order chi connectivity index (χ1) is 7.61. The van der Waals surface area contributed by atoms with Gasteiger partial charge in [-0.3, -0.25) is 0 Å². The summed E-state index contributed by atoms with van der Waals surface area (Å²) >= 11 is 6.16. The van der Waals surface area contributed by atoms with Gasteiger partial charge in [0.15, 0.2) is 0 Å². The first-order valence-electron chi connectivity index (χ1n) is 5.43. The maximum Gasteiger partial charge on any atom is 0.0441 e. The van der Waals surface area contributed by atoms with Crippen LogP contribution in [0.1, 0.15) is 16.7 Å². The number of aryl methyl sites for hydroxylation is 1. The highest BCUT2D eigenvalue weighted by Gasteiger charge is 2.07. The molecule has 0 spiro atoms. The van der Waals surface area contributed by atoms with Crippen molar-refractivity contribution in [2.45, 2.75) is 20.8 Å². The van der Waals surface area contributed by atoms with E-state index in [-0.39, 0.29) is 0 Å². The second-order valence-electron chi connectivity index (χ2n) is 4.16. The third-order valence-electron chi connectivity index (χ3n) is 3.16. The minimum atomic E-state index is 0.832. The largest absolute Gasteiger partial charge is 0.0840 e. The molecule has 0 nitrogen and oxygen atoms in total. The predicted molar refractivity (Wildman–Crippen MR) is 71.1 cm³/mol. The van der Waals surface area contributed by atoms with Crippen molar-refractivity contribution in [1.82, 2.24) is 0 Å². The van der Waals surface area contributed by atoms with Gasteiger partial charge in [-0.15, -0.1) is 0 Å². The summed E-state index contributed by atoms with van der Waals surface area (Å²) in [5.41, 5.74) is 6.30. The van der Waals surface area contributed by atoms with Gasteiger partial charge in [0.05, 0.1) is 0 Å². The van der Waals surface area contributed by atoms with E-state index in [1.165, 1.54) is 22.3 Å². The van der Waals surface area contributed by atoms with Gasteiger partial charge in [0, 0.05) is 5.02 Å². The van der Waals surface area contributed by atoms with Crippen molar-refractivity contribution < 1.29 is 0 Å². The van der Waals surface area contributed by atoms with Gasteiger partial charge in [-0.1, -0.05) is 41.9 Å². The molecule has 0 aliphatic heterocycles. The number of hydrogen-bond acceptors (Lipinski definition) is 0. The van der Waals surface area contributed by atoms with E-state index in [2.05, 4.69) is 45.0 Å². The fraction of sp³-hybridized carbons (Fsp3) is 0.200. The molecule has 0 atom stereocenters. The van der Waals surface area contributed by atoms with Crippen LogP contribution in [0.25, 0.3) is 11.1 Å². The van der Waals surface area contributed by atoms with Crippen molar-refractivity contribution in [3.8, 4) is 11.1 Å². The Kier molecular flexibility index (Phi) is 3.02. The number of hydrogen-bond donors (Lipinski definition) is 0. The van der Waals surface area contributed by atoms with Crippen LogP contribution in [0.4, 0.5) is 0 Å². The number of halogens is 1. The molecule has 0 saturated carbocycles. The quantitative estimate of drug-likeness (QED) is 0.652. The summed E-state index contributed by atoms with van der Waals surface area (Å²) in [5, 5.41) is 0.832. The van der Waals surface area contributed by atoms with Crippen LogP contribution in [0.2, 0.25) is 5.02 Å². The van der Waals surface area contributed by atoms with E-state index in [4.69, 9.17) is 11.6 Å². The Morgan fingerprint density at radius 1 is 0.750 bits per heavy atom. The van der Waals surface area contributed by atoms with E-state index >= 15 is 0 Å². The molecule has 0 amide bonds. The Morgan fingerprint density at radius 3 is 2.00 bits per heavy atom. The third-order valence-corrected chi connectivity index (χ3v) is 3.57. The summed E-state index contributed by atoms with van der Waals surface area (Å²) in [7, 11) is 0. The predicted octanol–water partition coefficient (Wildman–Crippen LogP) is 4.93. The molecule has 2 rings (SSSR count). The molecule has 2 aromatic carbocycles. The monoisotopic (exact) mass is 230 g/mol. The Morgan fingerprint density at radius 2 is 1.31 bits per heavy atom. The molecule has 1 heteroatoms. The van der Waals surface area contributed by atoms with Crippen molar-refractivity contribution in [3.05, 3.63) is 58.1 Å². The summed E-state index contributed by atoms with van der Waals surface area (Å²) < 4.78 is 0. The van der Waals surface area contributed by atoms with Crippen molar-refractivity contribution in [2.24, 2.45) is 0 Å². The molecule has 0 saturated heterocycles. The highest BCUT2D eigenvalue weighted by molar-refractivity contribution is 6.31. The molecule has 0 radical (unpaired) electrons. The van der Waals surface area contributed by atoms with Crippen LogP contribution >= 0.6 is 11.6 Å². The summed E-state index contributed by atoms with van der Waals surface area (Å²) in [6.07, 6.45) is 0. The molecular formula is C15H15Cl. The average molecular weight is 231 g/mol. The van der Waals surface area contributed by atoms with Crippen molar-refractivity contribution in [1.29, 1.82) is 0 Å². The van der Waals surface area contributed by atoms with Crippen LogP contribution in [0.3, 0.4) is 0 Å². The summed E-state index contributed by atoms with van der Waals surface area (Å²) in [6.45, 7) is 6.36. The second kappa shape index (κ2) is 4.31. The first kappa shape index (κ1) is 11.2. The molecule has 0 aliphatic rings. The molecule has 16 heavy (non-hydrogen) atoms. The summed E-state index contributed by atoms with van der Waals surface area (Å²) in [6, 6.07) is 12.5. The summed E-state index contributed by atoms with van der Waals surface area (Å²) in [5.74, 6) is 0. The maximum absolute atomic E-state index is 6.16. The molecule has 0 unspecified atom stereocenters. The van der Waals surface area contributed by atoms with Crippen LogP contribution in [0.15, 0.2) is 36.4 Å². The first-order valence-corrected chi connectivity index (χ1v) is 5.80. The lowest BCUT2D eigenvalue weighted by Crippen LogP contribution is -1.90. The molecule has 2 aromatic rings. The van der Waals surface area contributed by atoms with E-state index in [9.17, 15) is 0 Å². The molecule has 0 N–H and O–H groups in total. The van der Waals surface area contributed by atoms with Gasteiger partial charge < -0.3 is 0 Å². The Bertz CT molecular complexity index is 477. The lowest BCUT2D eigenvalue weighted by atomic mass is 9.94. The fourth-order valence-electron chi connectivity index (χ4n) is 1.94. The molecule has 0 heterocycles. The zero-order chi connectivity index (χ0) is 11.7. The molecule has 82 valence electrons. The van der Waals surface area contributed by atoms with Gasteiger partial charge in [0.2, 0.25) is 0 Å². The zero-order valence-electron chi connectivity index (χ0n) is 9.84. The van der Waals surface area contributed by atoms with E-state index in [0.29, 0.717) is 0 Å². The smallest absolute Gasteiger partial charge is 0.0441 e. The zero-order valence-corrected chi connectivity index (χ0v) is 10.6. The molecule has 0 bridgehead atoms. The van der Waals surface area contributed by atoms with Crippen LogP contribution in [0, 0.1) is 20.8 Å². The van der Waals surface area contributed by atoms with Gasteiger partial charge in [0.1, 0.15) is 0 Å². The van der Waals surface area contributed by atoms with E-state index in [0.717, 1.165) is 10.6 Å². The highest BCUT2D eigenvalue weighted by atomic mass is 35.5. The molecule has 0 aliphatic carbocycles. The second-order valence-corrected chi connectivity index (χ2v) is 4.57. The van der Waals surface area contributed by atoms with Gasteiger partial charge in [-0.05, 0) is 54.7 Å². The normalized spacial score (nSPS) is 10.5. The van der Waals surface area contributed by atoms with Crippen molar-refractivity contribution in [2.75, 3.05) is 0 Å². The standard InChI is InChI=1S/C15H15Cl/c1-10-6-4-7-13(11(10)2)14-8-5-9-15(16)12(14)3/h4-9H,1-3H3. The van der Waals surface area contributed by atoms with Gasteiger partial charge in [-0.25, -0.2) is 0 Å². The van der Waals surface area contributed by atoms with E-state index in [1.807, 2.05) is 12.1 Å². The average Bonchev–Trinajstić information content (AvgIpc) is 2.27. The minimum Gasteiger partial charge on any atom is -0.0840 e. The molecular weight excluding hydrogens is 216 g/mol. The maximum atomic E-state index is 6.16. The van der Waals surface area contributed by atoms with Crippen molar-refractivity contribution in [3.63, 3.8) is 0 Å². The van der Waals surface area contributed by atoms with E-state index in [1.54, 1.807) is 0 Å². The minimum absolute atomic E-state index is 0.832. The third kappa shape index (κ3) is 1.85. The highest BCUT2D eigenvalue weighted by Crippen LogP contribution is 2.31. The number of benzene rings is 2. The summed E-state index contributed by atoms with van der Waals surface area (Å²) in [4.78, 5) is 0. The lowest BCUT2D eigenvalue weighted by molar-refractivity contribution is 1.33.